The average Bonchev–Trinajstić information content (AvgIpc) is 3.73. The highest BCUT2D eigenvalue weighted by molar-refractivity contribution is 6.05. The number of amides is 2. The molecule has 4 fully saturated rings. The second kappa shape index (κ2) is 16.4. The fraction of sp³-hybridized carbons (Fsp3) is 0.489. The van der Waals surface area contributed by atoms with Crippen molar-refractivity contribution in [2.75, 3.05) is 68.0 Å². The number of piperazine rings is 1. The largest absolute Gasteiger partial charge is 0.474 e. The molecule has 3 saturated heterocycles. The number of rotatable bonds is 8. The standard InChI is InChI=1S/C47H57FN8O3.3H2/c1-28-22-36(52-45-29(2)21-35-13-15-56(27-41(35)53-45)42-26-50-47-44(31(42)4)49-14-20-59-47)9-6-32(28)25-43(57)55-18-16-54(17-19-55)37-10-7-33(23-37)34-8-12-38(40(48)24-34)39-11-5-30(3)51-46(39)58;;;/h6,8-9,12,21-22,24,26,29,33,37,39,45,49,52H,3,5,7,10-11,13-20,23,25,27H2,1-2,4H3,(H,51,58);3*1H. The summed E-state index contributed by atoms with van der Waals surface area (Å²) in [7, 11) is 0. The lowest BCUT2D eigenvalue weighted by Crippen LogP contribution is -2.51. The summed E-state index contributed by atoms with van der Waals surface area (Å²) in [6.45, 7) is 16.5. The van der Waals surface area contributed by atoms with E-state index in [9.17, 15) is 9.59 Å². The Balaban J connectivity index is 0.00000214. The molecule has 2 aromatic carbocycles. The maximum Gasteiger partial charge on any atom is 0.237 e. The zero-order chi connectivity index (χ0) is 40.8. The van der Waals surface area contributed by atoms with Crippen LogP contribution in [0.15, 0.2) is 71.5 Å². The summed E-state index contributed by atoms with van der Waals surface area (Å²) in [6.07, 6.45) is 9.91. The van der Waals surface area contributed by atoms with E-state index in [0.29, 0.717) is 55.0 Å². The van der Waals surface area contributed by atoms with Crippen LogP contribution in [-0.4, -0.2) is 96.9 Å². The van der Waals surface area contributed by atoms with Gasteiger partial charge in [0.05, 0.1) is 36.5 Å². The van der Waals surface area contributed by atoms with E-state index < -0.39 is 5.92 Å². The van der Waals surface area contributed by atoms with Crippen LogP contribution in [0.3, 0.4) is 0 Å². The molecule has 0 radical (unpaired) electrons. The van der Waals surface area contributed by atoms with Crippen molar-refractivity contribution in [2.24, 2.45) is 10.9 Å². The first-order valence-corrected chi connectivity index (χ1v) is 21.6. The van der Waals surface area contributed by atoms with E-state index in [0.717, 1.165) is 117 Å². The van der Waals surface area contributed by atoms with Crippen molar-refractivity contribution in [3.63, 3.8) is 0 Å². The number of pyridine rings is 1. The fourth-order valence-corrected chi connectivity index (χ4v) is 10.2. The first kappa shape index (κ1) is 39.2. The monoisotopic (exact) mass is 807 g/mol. The third-order valence-electron chi connectivity index (χ3n) is 13.7. The summed E-state index contributed by atoms with van der Waals surface area (Å²) < 4.78 is 21.1. The number of halogens is 1. The molecule has 6 aliphatic rings. The minimum absolute atomic E-state index is 0. The SMILES string of the molecule is C=C1CCC(c2ccc(C3CCC(N4CCN(C(=O)Cc5ccc(NC6N=C7CN(c8cnc9c(c8C)NCCO9)CCC7=CC6C)cc5C)CC4)C3)cc2F)C(=O)N1.[HH].[HH].[HH]. The van der Waals surface area contributed by atoms with Gasteiger partial charge in [0.1, 0.15) is 24.3 Å². The van der Waals surface area contributed by atoms with Crippen LogP contribution in [0.1, 0.15) is 89.4 Å². The number of aryl methyl sites for hydroxylation is 1. The molecular formula is C47H63FN8O3. The zero-order valence-corrected chi connectivity index (χ0v) is 34.7. The Kier molecular flexibility index (Phi) is 10.9. The smallest absolute Gasteiger partial charge is 0.237 e. The average molecular weight is 807 g/mol. The molecule has 12 heteroatoms. The number of hydrogen-bond donors (Lipinski definition) is 3. The maximum absolute atomic E-state index is 15.3. The van der Waals surface area contributed by atoms with Crippen molar-refractivity contribution in [3.8, 4) is 5.88 Å². The molecule has 3 N–H and O–H groups in total. The van der Waals surface area contributed by atoms with Gasteiger partial charge in [-0.25, -0.2) is 9.37 Å². The van der Waals surface area contributed by atoms with Crippen molar-refractivity contribution >= 4 is 34.6 Å². The van der Waals surface area contributed by atoms with E-state index in [-0.39, 0.29) is 34.0 Å². The number of dihydropyridines is 1. The number of aromatic nitrogens is 1. The third-order valence-corrected chi connectivity index (χ3v) is 13.7. The van der Waals surface area contributed by atoms with E-state index >= 15 is 4.39 Å². The summed E-state index contributed by atoms with van der Waals surface area (Å²) in [5.41, 5.74) is 11.1. The quantitative estimate of drug-likeness (QED) is 0.214. The number of carbonyl (C=O) groups excluding carboxylic acids is 2. The summed E-state index contributed by atoms with van der Waals surface area (Å²) in [6, 6.07) is 12.3. The van der Waals surface area contributed by atoms with E-state index in [1.165, 1.54) is 5.57 Å². The molecule has 59 heavy (non-hydrogen) atoms. The normalized spacial score (nSPS) is 25.9. The molecule has 0 bridgehead atoms. The molecule has 0 spiro atoms. The van der Waals surface area contributed by atoms with Crippen LogP contribution in [0, 0.1) is 25.6 Å². The second-order valence-electron chi connectivity index (χ2n) is 17.5. The van der Waals surface area contributed by atoms with Gasteiger partial charge in [0.15, 0.2) is 0 Å². The van der Waals surface area contributed by atoms with E-state index in [2.05, 4.69) is 82.4 Å². The van der Waals surface area contributed by atoms with E-state index in [1.807, 2.05) is 23.2 Å². The van der Waals surface area contributed by atoms with Crippen LogP contribution in [0.5, 0.6) is 5.88 Å². The van der Waals surface area contributed by atoms with Gasteiger partial charge in [-0.15, -0.1) is 0 Å². The Morgan fingerprint density at radius 1 is 1.07 bits per heavy atom. The number of piperidine rings is 2. The first-order valence-electron chi connectivity index (χ1n) is 21.6. The number of allylic oxidation sites excluding steroid dienone is 1. The Hall–Kier alpha value is -5.23. The van der Waals surface area contributed by atoms with Gasteiger partial charge in [-0.3, -0.25) is 19.5 Å². The van der Waals surface area contributed by atoms with Crippen LogP contribution >= 0.6 is 0 Å². The Bertz CT molecular complexity index is 2230. The lowest BCUT2D eigenvalue weighted by atomic mass is 9.87. The van der Waals surface area contributed by atoms with Crippen molar-refractivity contribution in [1.29, 1.82) is 0 Å². The second-order valence-corrected chi connectivity index (χ2v) is 17.5. The molecule has 1 aromatic heterocycles. The Morgan fingerprint density at radius 3 is 2.71 bits per heavy atom. The lowest BCUT2D eigenvalue weighted by molar-refractivity contribution is -0.132. The molecular weight excluding hydrogens is 744 g/mol. The number of ether oxygens (including phenoxy) is 1. The molecule has 1 aliphatic carbocycles. The van der Waals surface area contributed by atoms with Gasteiger partial charge in [0, 0.05) is 78.0 Å². The number of carbonyl (C=O) groups is 2. The van der Waals surface area contributed by atoms with Gasteiger partial charge in [0.2, 0.25) is 17.7 Å². The minimum Gasteiger partial charge on any atom is -0.474 e. The zero-order valence-electron chi connectivity index (χ0n) is 34.7. The summed E-state index contributed by atoms with van der Waals surface area (Å²) in [5.74, 6) is 0.485. The van der Waals surface area contributed by atoms with Crippen molar-refractivity contribution in [3.05, 3.63) is 100 Å². The van der Waals surface area contributed by atoms with Gasteiger partial charge in [-0.1, -0.05) is 37.8 Å². The Labute approximate surface area is 351 Å². The number of nitrogens with zero attached hydrogens (tertiary/aromatic N) is 5. The van der Waals surface area contributed by atoms with Crippen LogP contribution in [0.2, 0.25) is 0 Å². The molecule has 11 nitrogen and oxygen atoms in total. The number of nitrogens with one attached hydrogen (secondary N) is 3. The van der Waals surface area contributed by atoms with Gasteiger partial charge in [0.25, 0.3) is 0 Å². The number of anilines is 3. The predicted molar refractivity (Wildman–Crippen MR) is 237 cm³/mol. The van der Waals surface area contributed by atoms with Crippen LogP contribution in [0.25, 0.3) is 0 Å². The van der Waals surface area contributed by atoms with Gasteiger partial charge in [-0.2, -0.15) is 0 Å². The summed E-state index contributed by atoms with van der Waals surface area (Å²) in [4.78, 5) is 42.9. The van der Waals surface area contributed by atoms with Crippen molar-refractivity contribution < 1.29 is 23.0 Å². The van der Waals surface area contributed by atoms with Gasteiger partial charge >= 0.3 is 0 Å². The topological polar surface area (TPSA) is 114 Å². The molecule has 5 aliphatic heterocycles. The van der Waals surface area contributed by atoms with Crippen molar-refractivity contribution in [2.45, 2.75) is 89.8 Å². The number of aliphatic imine (C=N–C) groups is 1. The molecule has 5 unspecified atom stereocenters. The van der Waals surface area contributed by atoms with Crippen LogP contribution < -0.4 is 25.6 Å². The van der Waals surface area contributed by atoms with Crippen LogP contribution in [0.4, 0.5) is 21.5 Å². The molecule has 1 saturated carbocycles. The highest BCUT2D eigenvalue weighted by atomic mass is 19.1. The van der Waals surface area contributed by atoms with E-state index in [1.54, 1.807) is 6.07 Å². The predicted octanol–water partition coefficient (Wildman–Crippen LogP) is 7.58. The van der Waals surface area contributed by atoms with Crippen LogP contribution in [-0.2, 0) is 16.0 Å². The fourth-order valence-electron chi connectivity index (χ4n) is 10.2. The maximum atomic E-state index is 15.3. The molecule has 5 atom stereocenters. The van der Waals surface area contributed by atoms with E-state index in [4.69, 9.17) is 9.73 Å². The highest BCUT2D eigenvalue weighted by Crippen LogP contribution is 2.40. The lowest BCUT2D eigenvalue weighted by Gasteiger charge is -2.38. The molecule has 6 heterocycles. The number of fused-ring (bicyclic) bond motifs is 2. The Morgan fingerprint density at radius 2 is 1.92 bits per heavy atom. The molecule has 9 rings (SSSR count). The summed E-state index contributed by atoms with van der Waals surface area (Å²) >= 11 is 0. The molecule has 316 valence electrons. The molecule has 2 amide bonds. The first-order chi connectivity index (χ1) is 28.6. The number of hydrogen-bond acceptors (Lipinski definition) is 9. The molecule has 3 aromatic rings. The number of benzene rings is 2. The highest BCUT2D eigenvalue weighted by Gasteiger charge is 2.35. The van der Waals surface area contributed by atoms with Gasteiger partial charge in [-0.05, 0) is 98.8 Å². The van der Waals surface area contributed by atoms with Crippen molar-refractivity contribution in [1.82, 2.24) is 20.1 Å². The third kappa shape index (κ3) is 8.08. The van der Waals surface area contributed by atoms with Gasteiger partial charge < -0.3 is 30.5 Å². The minimum atomic E-state index is -0.462. The summed E-state index contributed by atoms with van der Waals surface area (Å²) in [5, 5.41) is 9.94.